The number of aromatic nitrogens is 4. The lowest BCUT2D eigenvalue weighted by Crippen LogP contribution is -2.14. The molecule has 0 aliphatic heterocycles. The Hall–Kier alpha value is -3.50. The predicted molar refractivity (Wildman–Crippen MR) is 113 cm³/mol. The van der Waals surface area contributed by atoms with Gasteiger partial charge in [-0.2, -0.15) is 4.63 Å². The van der Waals surface area contributed by atoms with Crippen molar-refractivity contribution in [2.45, 2.75) is 13.3 Å². The van der Waals surface area contributed by atoms with Crippen molar-refractivity contribution in [1.29, 1.82) is 0 Å². The average Bonchev–Trinajstić information content (AvgIpc) is 3.26. The van der Waals surface area contributed by atoms with E-state index in [2.05, 4.69) is 20.5 Å². The molecule has 0 fully saturated rings. The lowest BCUT2D eigenvalue weighted by Gasteiger charge is -2.09. The average molecular weight is 462 g/mol. The van der Waals surface area contributed by atoms with Gasteiger partial charge in [0.25, 0.3) is 0 Å². The topological polar surface area (TPSA) is 93.5 Å². The summed E-state index contributed by atoms with van der Waals surface area (Å²) in [5.41, 5.74) is 3.12. The first-order valence-electron chi connectivity index (χ1n) is 9.52. The van der Waals surface area contributed by atoms with Crippen molar-refractivity contribution in [2.24, 2.45) is 0 Å². The number of nitrogens with one attached hydrogen (secondary N) is 2. The molecule has 0 saturated carbocycles. The molecule has 2 heterocycles. The molecule has 0 atom stereocenters. The van der Waals surface area contributed by atoms with Gasteiger partial charge in [0.2, 0.25) is 0 Å². The van der Waals surface area contributed by atoms with Gasteiger partial charge in [-0.25, -0.2) is 13.8 Å². The van der Waals surface area contributed by atoms with Crippen molar-refractivity contribution in [3.8, 4) is 11.4 Å². The van der Waals surface area contributed by atoms with E-state index < -0.39 is 17.6 Å². The summed E-state index contributed by atoms with van der Waals surface area (Å²) in [5.74, 6) is -1.62. The van der Waals surface area contributed by atoms with Crippen LogP contribution in [0.4, 0.5) is 14.5 Å². The normalized spacial score (nSPS) is 11.1. The van der Waals surface area contributed by atoms with Crippen LogP contribution in [-0.2, 0) is 20.7 Å². The van der Waals surface area contributed by atoms with Crippen LogP contribution >= 0.6 is 11.6 Å². The first-order valence-corrected chi connectivity index (χ1v) is 9.90. The van der Waals surface area contributed by atoms with E-state index in [9.17, 15) is 13.6 Å². The van der Waals surface area contributed by atoms with E-state index in [0.717, 1.165) is 35.1 Å². The number of rotatable bonds is 8. The van der Waals surface area contributed by atoms with Gasteiger partial charge < -0.3 is 14.8 Å². The molecule has 0 amide bonds. The highest BCUT2D eigenvalue weighted by Gasteiger charge is 2.13. The summed E-state index contributed by atoms with van der Waals surface area (Å²) in [5, 5.41) is 10.9. The number of ether oxygens (including phenoxy) is 2. The maximum absolute atomic E-state index is 13.1. The molecule has 0 spiro atoms. The molecule has 0 bridgehead atoms. The van der Waals surface area contributed by atoms with Crippen molar-refractivity contribution in [1.82, 2.24) is 19.8 Å². The fourth-order valence-corrected chi connectivity index (χ4v) is 3.15. The minimum atomic E-state index is -0.750. The van der Waals surface area contributed by atoms with E-state index in [4.69, 9.17) is 21.1 Å². The number of halogens is 3. The lowest BCUT2D eigenvalue weighted by molar-refractivity contribution is -0.154. The van der Waals surface area contributed by atoms with Crippen LogP contribution in [0.3, 0.4) is 0 Å². The molecule has 4 aromatic rings. The van der Waals surface area contributed by atoms with E-state index in [-0.39, 0.29) is 25.5 Å². The molecule has 2 N–H and O–H groups in total. The third kappa shape index (κ3) is 5.04. The van der Waals surface area contributed by atoms with Crippen LogP contribution in [0.5, 0.6) is 0 Å². The molecule has 166 valence electrons. The van der Waals surface area contributed by atoms with Gasteiger partial charge >= 0.3 is 5.97 Å². The monoisotopic (exact) mass is 461 g/mol. The second-order valence-electron chi connectivity index (χ2n) is 6.91. The number of benzene rings is 2. The number of aryl methyl sites for hydroxylation is 1. The van der Waals surface area contributed by atoms with E-state index in [1.807, 2.05) is 31.2 Å². The smallest absolute Gasteiger partial charge is 0.312 e. The number of H-pyrrole nitrogens is 1. The summed E-state index contributed by atoms with van der Waals surface area (Å²) in [7, 11) is 0. The van der Waals surface area contributed by atoms with Crippen LogP contribution in [-0.4, -0.2) is 39.3 Å². The zero-order valence-corrected chi connectivity index (χ0v) is 17.6. The van der Waals surface area contributed by atoms with E-state index in [1.165, 1.54) is 4.63 Å². The zero-order chi connectivity index (χ0) is 22.7. The minimum absolute atomic E-state index is 0.0852. The first kappa shape index (κ1) is 21.7. The Balaban J connectivity index is 1.22. The Morgan fingerprint density at radius 2 is 1.91 bits per heavy atom. The Bertz CT molecular complexity index is 1240. The summed E-state index contributed by atoms with van der Waals surface area (Å²) < 4.78 is 37.9. The third-order valence-electron chi connectivity index (χ3n) is 4.50. The number of esters is 1. The van der Waals surface area contributed by atoms with E-state index in [0.29, 0.717) is 16.5 Å². The predicted octanol–water partition coefficient (Wildman–Crippen LogP) is 4.09. The highest BCUT2D eigenvalue weighted by atomic mass is 35.5. The van der Waals surface area contributed by atoms with Gasteiger partial charge in [0.05, 0.1) is 12.1 Å². The first-order chi connectivity index (χ1) is 15.4. The van der Waals surface area contributed by atoms with Crippen molar-refractivity contribution in [2.75, 3.05) is 18.8 Å². The number of anilines is 1. The highest BCUT2D eigenvalue weighted by molar-refractivity contribution is 6.34. The second-order valence-corrected chi connectivity index (χ2v) is 7.29. The summed E-state index contributed by atoms with van der Waals surface area (Å²) in [6.45, 7) is 1.63. The molecule has 11 heteroatoms. The highest BCUT2D eigenvalue weighted by Crippen LogP contribution is 2.24. The van der Waals surface area contributed by atoms with E-state index >= 15 is 0 Å². The van der Waals surface area contributed by atoms with Gasteiger partial charge in [0.1, 0.15) is 23.4 Å². The molecule has 8 nitrogen and oxygen atoms in total. The Kier molecular flexibility index (Phi) is 6.33. The van der Waals surface area contributed by atoms with Crippen LogP contribution in [0.15, 0.2) is 42.5 Å². The maximum Gasteiger partial charge on any atom is 0.312 e. The molecule has 0 radical (unpaired) electrons. The third-order valence-corrected chi connectivity index (χ3v) is 4.95. The molecule has 2 aromatic heterocycles. The van der Waals surface area contributed by atoms with Gasteiger partial charge in [-0.3, -0.25) is 9.89 Å². The number of fused-ring (bicyclic) bond motifs is 1. The van der Waals surface area contributed by atoms with Gasteiger partial charge in [-0.1, -0.05) is 11.6 Å². The van der Waals surface area contributed by atoms with Gasteiger partial charge in [-0.15, -0.1) is 5.10 Å². The zero-order valence-electron chi connectivity index (χ0n) is 16.9. The molecule has 2 aromatic carbocycles. The molecular formula is C21H18ClF2N5O3. The van der Waals surface area contributed by atoms with Gasteiger partial charge in [0.15, 0.2) is 18.3 Å². The Morgan fingerprint density at radius 1 is 1.19 bits per heavy atom. The molecule has 4 rings (SSSR count). The largest absolute Gasteiger partial charge is 0.438 e. The number of carbonyl (C=O) groups excluding carboxylic acids is 1. The fraction of sp³-hybridized carbons (Fsp3) is 0.190. The SMILES string of the molecule is Cc1[nH]n2nc(-c3ccc(NCOCOC(=O)Cc4cc(F)cc(F)c4)cc3)nc2c1Cl. The summed E-state index contributed by atoms with van der Waals surface area (Å²) in [4.78, 5) is 16.2. The van der Waals surface area contributed by atoms with Crippen molar-refractivity contribution >= 4 is 28.9 Å². The van der Waals surface area contributed by atoms with Crippen molar-refractivity contribution in [3.63, 3.8) is 0 Å². The van der Waals surface area contributed by atoms with E-state index in [1.54, 1.807) is 0 Å². The van der Waals surface area contributed by atoms with Crippen LogP contribution in [0.2, 0.25) is 5.02 Å². The second kappa shape index (κ2) is 9.33. The number of hydrogen-bond acceptors (Lipinski definition) is 6. The Labute approximate surface area is 186 Å². The fourth-order valence-electron chi connectivity index (χ4n) is 2.98. The lowest BCUT2D eigenvalue weighted by atomic mass is 10.1. The minimum Gasteiger partial charge on any atom is -0.438 e. The van der Waals surface area contributed by atoms with Crippen LogP contribution in [0.25, 0.3) is 17.0 Å². The number of hydrogen-bond donors (Lipinski definition) is 2. The quantitative estimate of drug-likeness (QED) is 0.233. The van der Waals surface area contributed by atoms with Crippen LogP contribution in [0.1, 0.15) is 11.3 Å². The molecule has 0 aliphatic rings. The molecule has 32 heavy (non-hydrogen) atoms. The van der Waals surface area contributed by atoms with Crippen molar-refractivity contribution in [3.05, 3.63) is 70.4 Å². The maximum atomic E-state index is 13.1. The number of nitrogens with zero attached hydrogens (tertiary/aromatic N) is 3. The molecular weight excluding hydrogens is 444 g/mol. The molecule has 0 unspecified atom stereocenters. The standard InChI is InChI=1S/C21H18ClF2N5O3/c1-12-19(22)21-26-20(28-29(21)27-12)14-2-4-17(5-3-14)25-10-31-11-32-18(30)8-13-6-15(23)9-16(24)7-13/h2-7,9,25,27H,8,10-11H2,1H3. The summed E-state index contributed by atoms with van der Waals surface area (Å²) >= 11 is 6.18. The van der Waals surface area contributed by atoms with Crippen molar-refractivity contribution < 1.29 is 23.0 Å². The van der Waals surface area contributed by atoms with Gasteiger partial charge in [0, 0.05) is 17.3 Å². The summed E-state index contributed by atoms with van der Waals surface area (Å²) in [6.07, 6.45) is -0.255. The molecule has 0 aliphatic carbocycles. The summed E-state index contributed by atoms with van der Waals surface area (Å²) in [6, 6.07) is 10.2. The van der Waals surface area contributed by atoms with Crippen LogP contribution in [0, 0.1) is 18.6 Å². The molecule has 0 saturated heterocycles. The Morgan fingerprint density at radius 3 is 2.59 bits per heavy atom. The number of aromatic amines is 1. The number of carbonyl (C=O) groups is 1. The van der Waals surface area contributed by atoms with Gasteiger partial charge in [-0.05, 0) is 48.9 Å². The van der Waals surface area contributed by atoms with Crippen LogP contribution < -0.4 is 5.32 Å².